The number of nitrogen functional groups attached to an aromatic ring is 1. The first-order chi connectivity index (χ1) is 10.1. The zero-order valence-corrected chi connectivity index (χ0v) is 11.4. The number of halogens is 2. The van der Waals surface area contributed by atoms with Gasteiger partial charge in [0, 0.05) is 24.0 Å². The molecule has 5 nitrogen and oxygen atoms in total. The average molecular weight is 305 g/mol. The Hall–Kier alpha value is -2.60. The van der Waals surface area contributed by atoms with Crippen molar-refractivity contribution in [1.29, 1.82) is 0 Å². The molecule has 0 unspecified atom stereocenters. The summed E-state index contributed by atoms with van der Waals surface area (Å²) in [5.74, 6) is -0.272. The summed E-state index contributed by atoms with van der Waals surface area (Å²) in [4.78, 5) is 14.8. The lowest BCUT2D eigenvalue weighted by Crippen LogP contribution is -2.04. The highest BCUT2D eigenvalue weighted by Gasteiger charge is 2.19. The van der Waals surface area contributed by atoms with Gasteiger partial charge < -0.3 is 10.7 Å². The van der Waals surface area contributed by atoms with Crippen molar-refractivity contribution in [2.45, 2.75) is 0 Å². The highest BCUT2D eigenvalue weighted by atomic mass is 35.5. The first-order valence-electron chi connectivity index (χ1n) is 6.04. The van der Waals surface area contributed by atoms with Crippen LogP contribution in [0.1, 0.15) is 0 Å². The SMILES string of the molecule is Nc1n[nH]c(-c2c[nH]ccc2=O)c1-c1ccc(F)cc1Cl. The summed E-state index contributed by atoms with van der Waals surface area (Å²) in [6.07, 6.45) is 3.06. The molecule has 7 heteroatoms. The van der Waals surface area contributed by atoms with E-state index in [-0.39, 0.29) is 16.3 Å². The normalized spacial score (nSPS) is 10.8. The smallest absolute Gasteiger partial charge is 0.190 e. The highest BCUT2D eigenvalue weighted by Crippen LogP contribution is 2.37. The lowest BCUT2D eigenvalue weighted by atomic mass is 10.0. The Kier molecular flexibility index (Phi) is 3.23. The van der Waals surface area contributed by atoms with Gasteiger partial charge in [0.15, 0.2) is 11.2 Å². The molecule has 1 aromatic carbocycles. The minimum Gasteiger partial charge on any atom is -0.382 e. The number of rotatable bonds is 2. The summed E-state index contributed by atoms with van der Waals surface area (Å²) in [6.45, 7) is 0. The number of nitrogens with one attached hydrogen (secondary N) is 2. The Bertz CT molecular complexity index is 871. The van der Waals surface area contributed by atoms with Crippen LogP contribution >= 0.6 is 11.6 Å². The van der Waals surface area contributed by atoms with Gasteiger partial charge in [-0.3, -0.25) is 9.89 Å². The zero-order chi connectivity index (χ0) is 15.0. The molecule has 0 bridgehead atoms. The van der Waals surface area contributed by atoms with Crippen LogP contribution in [0.25, 0.3) is 22.4 Å². The van der Waals surface area contributed by atoms with Gasteiger partial charge in [-0.2, -0.15) is 5.10 Å². The second-order valence-electron chi connectivity index (χ2n) is 4.41. The number of hydrogen-bond acceptors (Lipinski definition) is 3. The van der Waals surface area contributed by atoms with E-state index in [9.17, 15) is 9.18 Å². The van der Waals surface area contributed by atoms with Gasteiger partial charge in [0.25, 0.3) is 0 Å². The van der Waals surface area contributed by atoms with E-state index in [0.29, 0.717) is 22.4 Å². The molecule has 0 spiro atoms. The molecular weight excluding hydrogens is 295 g/mol. The van der Waals surface area contributed by atoms with Crippen LogP contribution in [-0.4, -0.2) is 15.2 Å². The summed E-state index contributed by atoms with van der Waals surface area (Å²) in [5, 5.41) is 6.84. The number of aromatic nitrogens is 3. The van der Waals surface area contributed by atoms with Crippen LogP contribution in [0, 0.1) is 5.82 Å². The number of hydrogen-bond donors (Lipinski definition) is 3. The maximum absolute atomic E-state index is 13.2. The predicted molar refractivity (Wildman–Crippen MR) is 79.5 cm³/mol. The molecule has 3 rings (SSSR count). The predicted octanol–water partition coefficient (Wildman–Crippen LogP) is 2.81. The largest absolute Gasteiger partial charge is 0.382 e. The monoisotopic (exact) mass is 304 g/mol. The van der Waals surface area contributed by atoms with Crippen LogP contribution in [0.15, 0.2) is 41.5 Å². The molecule has 0 atom stereocenters. The van der Waals surface area contributed by atoms with Crippen molar-refractivity contribution < 1.29 is 4.39 Å². The maximum Gasteiger partial charge on any atom is 0.190 e. The number of nitrogens with zero attached hydrogens (tertiary/aromatic N) is 1. The number of aromatic amines is 2. The molecular formula is C14H10ClFN4O. The van der Waals surface area contributed by atoms with Gasteiger partial charge in [-0.25, -0.2) is 4.39 Å². The molecule has 0 aliphatic rings. The third-order valence-electron chi connectivity index (χ3n) is 3.09. The molecule has 4 N–H and O–H groups in total. The lowest BCUT2D eigenvalue weighted by Gasteiger charge is -2.06. The summed E-state index contributed by atoms with van der Waals surface area (Å²) < 4.78 is 13.2. The Morgan fingerprint density at radius 1 is 1.24 bits per heavy atom. The van der Waals surface area contributed by atoms with Gasteiger partial charge in [0.05, 0.1) is 21.8 Å². The Morgan fingerprint density at radius 3 is 2.76 bits per heavy atom. The standard InChI is InChI=1S/C14H10ClFN4O/c15-10-5-7(16)1-2-8(10)12-13(19-20-14(12)17)9-6-18-4-3-11(9)21/h1-6H,(H,18,21)(H3,17,19,20). The fourth-order valence-electron chi connectivity index (χ4n) is 2.13. The lowest BCUT2D eigenvalue weighted by molar-refractivity contribution is 0.628. The van der Waals surface area contributed by atoms with Gasteiger partial charge in [-0.1, -0.05) is 11.6 Å². The molecule has 0 amide bonds. The van der Waals surface area contributed by atoms with E-state index in [1.54, 1.807) is 0 Å². The molecule has 0 saturated carbocycles. The molecule has 0 fully saturated rings. The maximum atomic E-state index is 13.2. The van der Waals surface area contributed by atoms with Crippen LogP contribution < -0.4 is 11.2 Å². The third kappa shape index (κ3) is 2.30. The van der Waals surface area contributed by atoms with Crippen LogP contribution in [0.4, 0.5) is 10.2 Å². The summed E-state index contributed by atoms with van der Waals surface area (Å²) >= 11 is 6.07. The average Bonchev–Trinajstić information content (AvgIpc) is 2.81. The second kappa shape index (κ2) is 5.06. The fraction of sp³-hybridized carbons (Fsp3) is 0. The Balaban J connectivity index is 2.28. The van der Waals surface area contributed by atoms with Crippen molar-refractivity contribution in [3.63, 3.8) is 0 Å². The highest BCUT2D eigenvalue weighted by molar-refractivity contribution is 6.33. The van der Waals surface area contributed by atoms with Crippen molar-refractivity contribution in [2.75, 3.05) is 5.73 Å². The van der Waals surface area contributed by atoms with E-state index < -0.39 is 5.82 Å². The summed E-state index contributed by atoms with van der Waals surface area (Å²) in [7, 11) is 0. The molecule has 3 aromatic rings. The number of benzene rings is 1. The minimum absolute atomic E-state index is 0.182. The molecule has 0 aliphatic carbocycles. The van der Waals surface area contributed by atoms with Crippen LogP contribution in [0.2, 0.25) is 5.02 Å². The van der Waals surface area contributed by atoms with Gasteiger partial charge in [-0.05, 0) is 18.2 Å². The quantitative estimate of drug-likeness (QED) is 0.680. The van der Waals surface area contributed by atoms with Crippen molar-refractivity contribution in [2.24, 2.45) is 0 Å². The van der Waals surface area contributed by atoms with Gasteiger partial charge in [0.2, 0.25) is 0 Å². The van der Waals surface area contributed by atoms with E-state index in [1.165, 1.54) is 36.7 Å². The van der Waals surface area contributed by atoms with E-state index in [0.717, 1.165) is 0 Å². The van der Waals surface area contributed by atoms with Crippen molar-refractivity contribution in [3.8, 4) is 22.4 Å². The van der Waals surface area contributed by atoms with Crippen molar-refractivity contribution in [1.82, 2.24) is 15.2 Å². The topological polar surface area (TPSA) is 87.6 Å². The summed E-state index contributed by atoms with van der Waals surface area (Å²) in [6, 6.07) is 5.34. The number of H-pyrrole nitrogens is 2. The fourth-order valence-corrected chi connectivity index (χ4v) is 2.39. The molecule has 21 heavy (non-hydrogen) atoms. The van der Waals surface area contributed by atoms with Gasteiger partial charge in [-0.15, -0.1) is 0 Å². The Labute approximate surface area is 123 Å². The van der Waals surface area contributed by atoms with Gasteiger partial charge >= 0.3 is 0 Å². The van der Waals surface area contributed by atoms with E-state index in [2.05, 4.69) is 15.2 Å². The molecule has 0 saturated heterocycles. The first-order valence-corrected chi connectivity index (χ1v) is 6.42. The van der Waals surface area contributed by atoms with Crippen LogP contribution in [-0.2, 0) is 0 Å². The van der Waals surface area contributed by atoms with Crippen molar-refractivity contribution in [3.05, 3.63) is 57.7 Å². The number of pyridine rings is 1. The molecule has 2 heterocycles. The van der Waals surface area contributed by atoms with Crippen LogP contribution in [0.5, 0.6) is 0 Å². The van der Waals surface area contributed by atoms with Gasteiger partial charge in [0.1, 0.15) is 5.82 Å². The Morgan fingerprint density at radius 2 is 2.05 bits per heavy atom. The number of nitrogens with two attached hydrogens (primary N) is 1. The molecule has 0 aliphatic heterocycles. The molecule has 106 valence electrons. The molecule has 2 aromatic heterocycles. The summed E-state index contributed by atoms with van der Waals surface area (Å²) in [5.41, 5.74) is 7.44. The minimum atomic E-state index is -0.454. The first kappa shape index (κ1) is 13.4. The zero-order valence-electron chi connectivity index (χ0n) is 10.7. The van der Waals surface area contributed by atoms with Crippen molar-refractivity contribution >= 4 is 17.4 Å². The third-order valence-corrected chi connectivity index (χ3v) is 3.40. The van der Waals surface area contributed by atoms with Crippen LogP contribution in [0.3, 0.4) is 0 Å². The van der Waals surface area contributed by atoms with E-state index in [1.807, 2.05) is 0 Å². The molecule has 0 radical (unpaired) electrons. The van der Waals surface area contributed by atoms with E-state index in [4.69, 9.17) is 17.3 Å². The van der Waals surface area contributed by atoms with E-state index >= 15 is 0 Å². The number of anilines is 1. The second-order valence-corrected chi connectivity index (χ2v) is 4.81.